The van der Waals surface area contributed by atoms with E-state index in [1.165, 1.54) is 6.42 Å². The SMILES string of the molecule is C=CCN(CC=C)CCCCC[NH]. The molecule has 0 aliphatic carbocycles. The van der Waals surface area contributed by atoms with Crippen molar-refractivity contribution in [2.75, 3.05) is 26.2 Å². The first-order valence-corrected chi connectivity index (χ1v) is 4.94. The molecule has 0 rings (SSSR count). The van der Waals surface area contributed by atoms with Crippen molar-refractivity contribution < 1.29 is 0 Å². The molecule has 0 heterocycles. The Kier molecular flexibility index (Phi) is 9.05. The minimum atomic E-state index is 0.558. The summed E-state index contributed by atoms with van der Waals surface area (Å²) in [5, 5.41) is 0. The third-order valence-corrected chi connectivity index (χ3v) is 1.93. The maximum Gasteiger partial charge on any atom is 0.0163 e. The minimum Gasteiger partial charge on any atom is -0.296 e. The zero-order valence-corrected chi connectivity index (χ0v) is 8.47. The van der Waals surface area contributed by atoms with Crippen LogP contribution in [0.3, 0.4) is 0 Å². The third-order valence-electron chi connectivity index (χ3n) is 1.93. The van der Waals surface area contributed by atoms with Crippen LogP contribution in [0.25, 0.3) is 0 Å². The number of unbranched alkanes of at least 4 members (excludes halogenated alkanes) is 2. The first kappa shape index (κ1) is 12.4. The van der Waals surface area contributed by atoms with Crippen LogP contribution in [-0.2, 0) is 0 Å². The maximum absolute atomic E-state index is 7.00. The molecule has 0 saturated heterocycles. The lowest BCUT2D eigenvalue weighted by Gasteiger charge is -2.18. The summed E-state index contributed by atoms with van der Waals surface area (Å²) in [6.07, 6.45) is 7.22. The fourth-order valence-electron chi connectivity index (χ4n) is 1.26. The van der Waals surface area contributed by atoms with E-state index in [0.29, 0.717) is 6.54 Å². The van der Waals surface area contributed by atoms with Crippen molar-refractivity contribution in [1.29, 1.82) is 0 Å². The Morgan fingerprint density at radius 1 is 1.00 bits per heavy atom. The highest BCUT2D eigenvalue weighted by molar-refractivity contribution is 4.79. The van der Waals surface area contributed by atoms with Gasteiger partial charge in [-0.15, -0.1) is 13.2 Å². The summed E-state index contributed by atoms with van der Waals surface area (Å²) >= 11 is 0. The number of nitrogens with zero attached hydrogens (tertiary/aromatic N) is 1. The number of nitrogens with one attached hydrogen (secondary N) is 1. The first-order chi connectivity index (χ1) is 6.35. The molecule has 2 nitrogen and oxygen atoms in total. The van der Waals surface area contributed by atoms with Crippen molar-refractivity contribution >= 4 is 0 Å². The normalized spacial score (nSPS) is 10.3. The van der Waals surface area contributed by atoms with Gasteiger partial charge < -0.3 is 0 Å². The molecule has 0 atom stereocenters. The molecular weight excluding hydrogens is 160 g/mol. The van der Waals surface area contributed by atoms with Crippen LogP contribution in [-0.4, -0.2) is 31.1 Å². The second-order valence-corrected chi connectivity index (χ2v) is 3.15. The molecule has 2 heteroatoms. The van der Waals surface area contributed by atoms with Gasteiger partial charge in [-0.25, -0.2) is 0 Å². The Morgan fingerprint density at radius 2 is 1.62 bits per heavy atom. The monoisotopic (exact) mass is 181 g/mol. The van der Waals surface area contributed by atoms with E-state index in [0.717, 1.165) is 32.5 Å². The zero-order chi connectivity index (χ0) is 9.94. The summed E-state index contributed by atoms with van der Waals surface area (Å²) in [5.74, 6) is 0. The molecule has 0 unspecified atom stereocenters. The molecular formula is C11H21N2. The molecule has 0 aliphatic rings. The van der Waals surface area contributed by atoms with E-state index in [1.54, 1.807) is 0 Å². The van der Waals surface area contributed by atoms with Crippen LogP contribution in [0, 0.1) is 0 Å². The van der Waals surface area contributed by atoms with Gasteiger partial charge in [0.15, 0.2) is 0 Å². The van der Waals surface area contributed by atoms with Gasteiger partial charge in [-0.3, -0.25) is 10.6 Å². The molecule has 0 aromatic rings. The molecule has 0 aromatic carbocycles. The molecule has 0 bridgehead atoms. The number of hydrogen-bond donors (Lipinski definition) is 0. The predicted octanol–water partition coefficient (Wildman–Crippen LogP) is 2.11. The second-order valence-electron chi connectivity index (χ2n) is 3.15. The fraction of sp³-hybridized carbons (Fsp3) is 0.636. The number of rotatable bonds is 9. The van der Waals surface area contributed by atoms with Crippen molar-refractivity contribution in [2.45, 2.75) is 19.3 Å². The largest absolute Gasteiger partial charge is 0.296 e. The van der Waals surface area contributed by atoms with Crippen molar-refractivity contribution in [2.24, 2.45) is 0 Å². The van der Waals surface area contributed by atoms with Crippen molar-refractivity contribution in [3.8, 4) is 0 Å². The Labute approximate surface area is 82.1 Å². The van der Waals surface area contributed by atoms with E-state index in [9.17, 15) is 0 Å². The van der Waals surface area contributed by atoms with Crippen molar-refractivity contribution in [3.63, 3.8) is 0 Å². The van der Waals surface area contributed by atoms with Gasteiger partial charge in [0.05, 0.1) is 0 Å². The Hall–Kier alpha value is -0.600. The van der Waals surface area contributed by atoms with E-state index in [4.69, 9.17) is 5.73 Å². The van der Waals surface area contributed by atoms with Crippen LogP contribution in [0.15, 0.2) is 25.3 Å². The summed E-state index contributed by atoms with van der Waals surface area (Å²) in [6.45, 7) is 11.0. The van der Waals surface area contributed by atoms with Gasteiger partial charge in [0, 0.05) is 19.6 Å². The van der Waals surface area contributed by atoms with E-state index < -0.39 is 0 Å². The zero-order valence-electron chi connectivity index (χ0n) is 8.47. The highest BCUT2D eigenvalue weighted by Crippen LogP contribution is 1.98. The Balaban J connectivity index is 3.43. The summed E-state index contributed by atoms with van der Waals surface area (Å²) in [7, 11) is 0. The predicted molar refractivity (Wildman–Crippen MR) is 58.6 cm³/mol. The van der Waals surface area contributed by atoms with Gasteiger partial charge >= 0.3 is 0 Å². The van der Waals surface area contributed by atoms with Gasteiger partial charge in [-0.05, 0) is 19.4 Å². The molecule has 0 aliphatic heterocycles. The minimum absolute atomic E-state index is 0.558. The molecule has 1 radical (unpaired) electrons. The lowest BCUT2D eigenvalue weighted by Crippen LogP contribution is -2.25. The summed E-state index contributed by atoms with van der Waals surface area (Å²) in [6, 6.07) is 0. The second kappa shape index (κ2) is 9.49. The van der Waals surface area contributed by atoms with E-state index >= 15 is 0 Å². The molecule has 0 amide bonds. The van der Waals surface area contributed by atoms with E-state index in [2.05, 4.69) is 18.1 Å². The third kappa shape index (κ3) is 7.75. The van der Waals surface area contributed by atoms with Crippen molar-refractivity contribution in [3.05, 3.63) is 25.3 Å². The highest BCUT2D eigenvalue weighted by Gasteiger charge is 1.98. The molecule has 1 N–H and O–H groups in total. The lowest BCUT2D eigenvalue weighted by atomic mass is 10.2. The molecule has 0 fully saturated rings. The van der Waals surface area contributed by atoms with Crippen LogP contribution < -0.4 is 5.73 Å². The molecule has 75 valence electrons. The Bertz CT molecular complexity index is 122. The van der Waals surface area contributed by atoms with Crippen LogP contribution in [0.4, 0.5) is 0 Å². The van der Waals surface area contributed by atoms with Crippen LogP contribution in [0.5, 0.6) is 0 Å². The lowest BCUT2D eigenvalue weighted by molar-refractivity contribution is 0.325. The van der Waals surface area contributed by atoms with E-state index in [1.807, 2.05) is 12.2 Å². The summed E-state index contributed by atoms with van der Waals surface area (Å²) < 4.78 is 0. The average molecular weight is 181 g/mol. The van der Waals surface area contributed by atoms with E-state index in [-0.39, 0.29) is 0 Å². The summed E-state index contributed by atoms with van der Waals surface area (Å²) in [4.78, 5) is 2.31. The van der Waals surface area contributed by atoms with Gasteiger partial charge in [0.1, 0.15) is 0 Å². The molecule has 0 aromatic heterocycles. The van der Waals surface area contributed by atoms with Crippen LogP contribution in [0.2, 0.25) is 0 Å². The van der Waals surface area contributed by atoms with Crippen molar-refractivity contribution in [1.82, 2.24) is 10.6 Å². The van der Waals surface area contributed by atoms with Gasteiger partial charge in [-0.2, -0.15) is 0 Å². The van der Waals surface area contributed by atoms with Crippen LogP contribution in [0.1, 0.15) is 19.3 Å². The van der Waals surface area contributed by atoms with Gasteiger partial charge in [-0.1, -0.05) is 18.6 Å². The number of hydrogen-bond acceptors (Lipinski definition) is 1. The maximum atomic E-state index is 7.00. The van der Waals surface area contributed by atoms with Crippen LogP contribution >= 0.6 is 0 Å². The average Bonchev–Trinajstić information content (AvgIpc) is 2.13. The van der Waals surface area contributed by atoms with Gasteiger partial charge in [0.25, 0.3) is 0 Å². The fourth-order valence-corrected chi connectivity index (χ4v) is 1.26. The highest BCUT2D eigenvalue weighted by atomic mass is 15.1. The topological polar surface area (TPSA) is 27.0 Å². The summed E-state index contributed by atoms with van der Waals surface area (Å²) in [5.41, 5.74) is 7.00. The quantitative estimate of drug-likeness (QED) is 0.395. The smallest absolute Gasteiger partial charge is 0.0163 e. The molecule has 0 spiro atoms. The standard InChI is InChI=1S/C11H21N2/c1-3-9-13(10-4-2)11-7-5-6-8-12/h3-4,12H,1-2,5-11H2. The first-order valence-electron chi connectivity index (χ1n) is 4.94. The molecule has 13 heavy (non-hydrogen) atoms. The van der Waals surface area contributed by atoms with Gasteiger partial charge in [0.2, 0.25) is 0 Å². The Morgan fingerprint density at radius 3 is 2.08 bits per heavy atom. The molecule has 0 saturated carbocycles.